The van der Waals surface area contributed by atoms with Gasteiger partial charge in [0.15, 0.2) is 0 Å². The topological polar surface area (TPSA) is 9.23 Å². The summed E-state index contributed by atoms with van der Waals surface area (Å²) in [6.45, 7) is 2.87. The van der Waals surface area contributed by atoms with Crippen molar-refractivity contribution in [3.63, 3.8) is 0 Å². The number of hydrogen-bond acceptors (Lipinski definition) is 1. The van der Waals surface area contributed by atoms with E-state index in [9.17, 15) is 0 Å². The maximum Gasteiger partial charge on any atom is 0.0876 e. The zero-order chi connectivity index (χ0) is 6.69. The Hall–Kier alpha value is 0.430. The molecule has 0 spiro atoms. The summed E-state index contributed by atoms with van der Waals surface area (Å²) in [5, 5.41) is 0. The molecule has 2 atom stereocenters. The lowest BCUT2D eigenvalue weighted by Gasteiger charge is -2.11. The Morgan fingerprint density at radius 2 is 2.56 bits per heavy atom. The van der Waals surface area contributed by atoms with Crippen molar-refractivity contribution >= 4 is 22.6 Å². The molecule has 0 bridgehead atoms. The molecule has 0 heterocycles. The molecular weight excluding hydrogens is 227 g/mol. The van der Waals surface area contributed by atoms with E-state index < -0.39 is 0 Å². The summed E-state index contributed by atoms with van der Waals surface area (Å²) in [7, 11) is 0. The molecule has 1 nitrogen and oxygen atoms in total. The Kier molecular flexibility index (Phi) is 2.98. The number of halogens is 1. The van der Waals surface area contributed by atoms with Crippen molar-refractivity contribution in [3.8, 4) is 0 Å². The van der Waals surface area contributed by atoms with Crippen molar-refractivity contribution in [2.75, 3.05) is 6.61 Å². The molecule has 0 N–H and O–H groups in total. The van der Waals surface area contributed by atoms with Gasteiger partial charge >= 0.3 is 0 Å². The normalized spacial score (nSPS) is 33.6. The van der Waals surface area contributed by atoms with Crippen LogP contribution in [0.25, 0.3) is 0 Å². The second kappa shape index (κ2) is 3.56. The zero-order valence-electron chi connectivity index (χ0n) is 5.51. The predicted octanol–water partition coefficient (Wildman–Crippen LogP) is 2.16. The standard InChI is InChI=1S/C7H11IO/c1-2-9-7-5-3-4-6(7)8/h3,5-7H,2,4H2,1H3/t6-,7-/m1/s1. The lowest BCUT2D eigenvalue weighted by molar-refractivity contribution is 0.103. The molecule has 0 amide bonds. The lowest BCUT2D eigenvalue weighted by atomic mass is 10.3. The Bertz CT molecular complexity index is 111. The fourth-order valence-electron chi connectivity index (χ4n) is 0.950. The Labute approximate surface area is 69.6 Å². The van der Waals surface area contributed by atoms with E-state index in [4.69, 9.17) is 4.74 Å². The van der Waals surface area contributed by atoms with Gasteiger partial charge < -0.3 is 4.74 Å². The van der Waals surface area contributed by atoms with E-state index in [-0.39, 0.29) is 0 Å². The molecule has 1 aliphatic carbocycles. The highest BCUT2D eigenvalue weighted by atomic mass is 127. The van der Waals surface area contributed by atoms with Gasteiger partial charge in [-0.1, -0.05) is 34.7 Å². The van der Waals surface area contributed by atoms with Gasteiger partial charge in [0, 0.05) is 10.5 Å². The largest absolute Gasteiger partial charge is 0.373 e. The van der Waals surface area contributed by atoms with Gasteiger partial charge in [0.05, 0.1) is 6.10 Å². The maximum atomic E-state index is 5.42. The SMILES string of the molecule is CCO[C@@H]1C=CC[C@H]1I. The molecule has 0 unspecified atom stereocenters. The number of allylic oxidation sites excluding steroid dienone is 1. The first kappa shape index (κ1) is 7.54. The first-order chi connectivity index (χ1) is 4.34. The smallest absolute Gasteiger partial charge is 0.0876 e. The molecule has 0 saturated carbocycles. The van der Waals surface area contributed by atoms with Gasteiger partial charge in [-0.3, -0.25) is 0 Å². The first-order valence-corrected chi connectivity index (χ1v) is 4.51. The fourth-order valence-corrected chi connectivity index (χ4v) is 1.69. The molecule has 0 aromatic carbocycles. The summed E-state index contributed by atoms with van der Waals surface area (Å²) in [6.07, 6.45) is 5.90. The van der Waals surface area contributed by atoms with Gasteiger partial charge in [0.1, 0.15) is 0 Å². The molecule has 1 aliphatic rings. The summed E-state index contributed by atoms with van der Waals surface area (Å²) in [4.78, 5) is 0. The predicted molar refractivity (Wildman–Crippen MR) is 47.0 cm³/mol. The van der Waals surface area contributed by atoms with Crippen LogP contribution in [0.2, 0.25) is 0 Å². The number of ether oxygens (including phenoxy) is 1. The van der Waals surface area contributed by atoms with Crippen molar-refractivity contribution in [2.45, 2.75) is 23.4 Å². The van der Waals surface area contributed by atoms with E-state index in [1.807, 2.05) is 6.92 Å². The molecule has 0 aromatic heterocycles. The molecule has 1 rings (SSSR count). The molecule has 0 aliphatic heterocycles. The highest BCUT2D eigenvalue weighted by molar-refractivity contribution is 14.1. The summed E-state index contributed by atoms with van der Waals surface area (Å²) < 4.78 is 6.09. The second-order valence-corrected chi connectivity index (χ2v) is 3.70. The first-order valence-electron chi connectivity index (χ1n) is 3.27. The average molecular weight is 238 g/mol. The van der Waals surface area contributed by atoms with Crippen molar-refractivity contribution in [1.82, 2.24) is 0 Å². The molecule has 52 valence electrons. The lowest BCUT2D eigenvalue weighted by Crippen LogP contribution is -2.16. The van der Waals surface area contributed by atoms with Crippen LogP contribution in [-0.2, 0) is 4.74 Å². The highest BCUT2D eigenvalue weighted by Gasteiger charge is 2.18. The van der Waals surface area contributed by atoms with Crippen LogP contribution in [0.1, 0.15) is 13.3 Å². The van der Waals surface area contributed by atoms with Gasteiger partial charge in [-0.05, 0) is 13.3 Å². The van der Waals surface area contributed by atoms with Crippen LogP contribution >= 0.6 is 22.6 Å². The van der Waals surface area contributed by atoms with Crippen LogP contribution in [0.5, 0.6) is 0 Å². The van der Waals surface area contributed by atoms with Crippen LogP contribution < -0.4 is 0 Å². The average Bonchev–Trinajstić information content (AvgIpc) is 2.18. The Morgan fingerprint density at radius 1 is 1.78 bits per heavy atom. The maximum absolute atomic E-state index is 5.42. The minimum atomic E-state index is 0.385. The minimum absolute atomic E-state index is 0.385. The summed E-state index contributed by atoms with van der Waals surface area (Å²) in [5.74, 6) is 0. The summed E-state index contributed by atoms with van der Waals surface area (Å²) >= 11 is 2.43. The number of rotatable bonds is 2. The Balaban J connectivity index is 2.31. The van der Waals surface area contributed by atoms with Crippen molar-refractivity contribution < 1.29 is 4.74 Å². The third kappa shape index (κ3) is 1.93. The van der Waals surface area contributed by atoms with Crippen LogP contribution in [0.4, 0.5) is 0 Å². The molecule has 0 saturated heterocycles. The van der Waals surface area contributed by atoms with Crippen LogP contribution in [0.3, 0.4) is 0 Å². The molecule has 0 aromatic rings. The van der Waals surface area contributed by atoms with Crippen LogP contribution in [-0.4, -0.2) is 16.6 Å². The highest BCUT2D eigenvalue weighted by Crippen LogP contribution is 2.21. The van der Waals surface area contributed by atoms with E-state index in [0.29, 0.717) is 10.0 Å². The monoisotopic (exact) mass is 238 g/mol. The third-order valence-corrected chi connectivity index (χ3v) is 2.62. The zero-order valence-corrected chi connectivity index (χ0v) is 7.67. The van der Waals surface area contributed by atoms with Crippen molar-refractivity contribution in [3.05, 3.63) is 12.2 Å². The van der Waals surface area contributed by atoms with Gasteiger partial charge in [-0.25, -0.2) is 0 Å². The van der Waals surface area contributed by atoms with Gasteiger partial charge in [0.25, 0.3) is 0 Å². The van der Waals surface area contributed by atoms with E-state index in [2.05, 4.69) is 34.7 Å². The van der Waals surface area contributed by atoms with Crippen molar-refractivity contribution in [2.24, 2.45) is 0 Å². The van der Waals surface area contributed by atoms with Crippen LogP contribution in [0, 0.1) is 0 Å². The third-order valence-electron chi connectivity index (χ3n) is 1.40. The van der Waals surface area contributed by atoms with E-state index >= 15 is 0 Å². The molecule has 9 heavy (non-hydrogen) atoms. The van der Waals surface area contributed by atoms with Gasteiger partial charge in [-0.2, -0.15) is 0 Å². The fraction of sp³-hybridized carbons (Fsp3) is 0.714. The second-order valence-electron chi connectivity index (χ2n) is 2.10. The summed E-state index contributed by atoms with van der Waals surface area (Å²) in [5.41, 5.74) is 0. The van der Waals surface area contributed by atoms with Gasteiger partial charge in [0.2, 0.25) is 0 Å². The molecular formula is C7H11IO. The number of hydrogen-bond donors (Lipinski definition) is 0. The van der Waals surface area contributed by atoms with Gasteiger partial charge in [-0.15, -0.1) is 0 Å². The summed E-state index contributed by atoms with van der Waals surface area (Å²) in [6, 6.07) is 0. The van der Waals surface area contributed by atoms with E-state index in [1.165, 1.54) is 6.42 Å². The molecule has 2 heteroatoms. The minimum Gasteiger partial charge on any atom is -0.373 e. The molecule has 0 radical (unpaired) electrons. The van der Waals surface area contributed by atoms with E-state index in [1.54, 1.807) is 0 Å². The Morgan fingerprint density at radius 3 is 3.00 bits per heavy atom. The number of alkyl halides is 1. The van der Waals surface area contributed by atoms with Crippen LogP contribution in [0.15, 0.2) is 12.2 Å². The van der Waals surface area contributed by atoms with Crippen molar-refractivity contribution in [1.29, 1.82) is 0 Å². The quantitative estimate of drug-likeness (QED) is 0.407. The van der Waals surface area contributed by atoms with E-state index in [0.717, 1.165) is 6.61 Å². The molecule has 0 fully saturated rings.